The number of carbonyl (C=O) groups is 2. The number of benzene rings is 3. The molecule has 2 atom stereocenters. The van der Waals surface area contributed by atoms with Gasteiger partial charge in [-0.1, -0.05) is 18.2 Å². The third-order valence-corrected chi connectivity index (χ3v) is 7.86. The minimum Gasteiger partial charge on any atom is -0.493 e. The molecule has 4 rings (SSSR count). The smallest absolute Gasteiger partial charge is 0.254 e. The Bertz CT molecular complexity index is 1420. The number of likely N-dealkylation sites (N-methyl/N-ethyl adjacent to an activating group) is 1. The van der Waals surface area contributed by atoms with Crippen LogP contribution in [0.15, 0.2) is 54.6 Å². The number of fused-ring (bicyclic) bond motifs is 1. The van der Waals surface area contributed by atoms with Gasteiger partial charge in [0.2, 0.25) is 5.91 Å². The minimum atomic E-state index is -0.709. The van der Waals surface area contributed by atoms with Crippen molar-refractivity contribution in [3.63, 3.8) is 0 Å². The molecule has 9 heteroatoms. The summed E-state index contributed by atoms with van der Waals surface area (Å²) in [6.07, 6.45) is 0.759. The highest BCUT2D eigenvalue weighted by Gasteiger charge is 2.43. The lowest BCUT2D eigenvalue weighted by Gasteiger charge is -2.40. The molecule has 0 fully saturated rings. The second kappa shape index (κ2) is 13.5. The van der Waals surface area contributed by atoms with Crippen molar-refractivity contribution >= 4 is 17.5 Å². The monoisotopic (exact) mass is 575 g/mol. The zero-order valence-electron chi connectivity index (χ0n) is 25.5. The Morgan fingerprint density at radius 1 is 0.905 bits per heavy atom. The molecule has 224 valence electrons. The lowest BCUT2D eigenvalue weighted by Crippen LogP contribution is -2.46. The van der Waals surface area contributed by atoms with E-state index in [-0.39, 0.29) is 11.8 Å². The maximum absolute atomic E-state index is 14.1. The van der Waals surface area contributed by atoms with Gasteiger partial charge in [-0.15, -0.1) is 0 Å². The summed E-state index contributed by atoms with van der Waals surface area (Å²) >= 11 is 0. The largest absolute Gasteiger partial charge is 0.493 e. The summed E-state index contributed by atoms with van der Waals surface area (Å²) in [7, 11) is 7.90. The van der Waals surface area contributed by atoms with Crippen LogP contribution in [0.5, 0.6) is 23.0 Å². The van der Waals surface area contributed by atoms with Gasteiger partial charge in [0.1, 0.15) is 0 Å². The number of methoxy groups -OCH3 is 4. The predicted molar refractivity (Wildman–Crippen MR) is 163 cm³/mol. The van der Waals surface area contributed by atoms with Crippen molar-refractivity contribution in [2.75, 3.05) is 60.0 Å². The molecule has 0 saturated heterocycles. The summed E-state index contributed by atoms with van der Waals surface area (Å²) in [5, 5.41) is 3.16. The Kier molecular flexibility index (Phi) is 9.83. The average molecular weight is 576 g/mol. The van der Waals surface area contributed by atoms with Crippen LogP contribution in [0.2, 0.25) is 0 Å². The van der Waals surface area contributed by atoms with E-state index in [4.69, 9.17) is 18.9 Å². The Hall–Kier alpha value is -4.40. The van der Waals surface area contributed by atoms with Crippen LogP contribution in [0, 0.1) is 6.92 Å². The van der Waals surface area contributed by atoms with Gasteiger partial charge in [0.05, 0.1) is 40.4 Å². The van der Waals surface area contributed by atoms with Crippen LogP contribution in [0.1, 0.15) is 52.4 Å². The van der Waals surface area contributed by atoms with Gasteiger partial charge in [0, 0.05) is 37.9 Å². The van der Waals surface area contributed by atoms with Crippen molar-refractivity contribution in [3.05, 3.63) is 76.9 Å². The fraction of sp³-hybridized carbons (Fsp3) is 0.394. The van der Waals surface area contributed by atoms with Gasteiger partial charge in [-0.2, -0.15) is 0 Å². The maximum Gasteiger partial charge on any atom is 0.254 e. The van der Waals surface area contributed by atoms with Crippen molar-refractivity contribution in [2.45, 2.75) is 32.2 Å². The molecule has 1 heterocycles. The van der Waals surface area contributed by atoms with Crippen LogP contribution in [0.4, 0.5) is 5.69 Å². The molecule has 0 radical (unpaired) electrons. The highest BCUT2D eigenvalue weighted by molar-refractivity contribution is 6.02. The van der Waals surface area contributed by atoms with Crippen LogP contribution >= 0.6 is 0 Å². The molecule has 0 spiro atoms. The van der Waals surface area contributed by atoms with E-state index in [1.165, 1.54) is 25.5 Å². The lowest BCUT2D eigenvalue weighted by atomic mass is 9.79. The first kappa shape index (κ1) is 30.6. The van der Waals surface area contributed by atoms with Gasteiger partial charge in [0.15, 0.2) is 23.0 Å². The van der Waals surface area contributed by atoms with Crippen LogP contribution in [-0.4, -0.2) is 71.8 Å². The fourth-order valence-electron chi connectivity index (χ4n) is 5.67. The number of nitrogens with one attached hydrogen (secondary N) is 1. The van der Waals surface area contributed by atoms with Crippen molar-refractivity contribution in [2.24, 2.45) is 0 Å². The topological polar surface area (TPSA) is 89.6 Å². The summed E-state index contributed by atoms with van der Waals surface area (Å²) < 4.78 is 22.0. The molecule has 42 heavy (non-hydrogen) atoms. The number of anilines is 1. The molecule has 0 aromatic heterocycles. The molecule has 3 aromatic carbocycles. The molecule has 0 saturated carbocycles. The van der Waals surface area contributed by atoms with Crippen LogP contribution in [0.25, 0.3) is 0 Å². The van der Waals surface area contributed by atoms with E-state index < -0.39 is 12.0 Å². The molecule has 2 unspecified atom stereocenters. The van der Waals surface area contributed by atoms with Gasteiger partial charge in [-0.05, 0) is 73.4 Å². The number of ether oxygens (including phenoxy) is 4. The van der Waals surface area contributed by atoms with Gasteiger partial charge in [-0.3, -0.25) is 9.59 Å². The molecular weight excluding hydrogens is 534 g/mol. The molecule has 1 N–H and O–H groups in total. The summed E-state index contributed by atoms with van der Waals surface area (Å²) in [5.41, 5.74) is 4.12. The SMILES string of the molecule is CCN(CCCNC(=O)C1c2cc(OC)c(OC)cc2C(=O)N(C)C1c1ccc(OC)c(OC)c1)c1cccc(C)c1. The summed E-state index contributed by atoms with van der Waals surface area (Å²) in [4.78, 5) is 31.6. The van der Waals surface area contributed by atoms with E-state index in [9.17, 15) is 9.59 Å². The Labute approximate surface area is 248 Å². The van der Waals surface area contributed by atoms with Gasteiger partial charge < -0.3 is 34.1 Å². The summed E-state index contributed by atoms with van der Waals surface area (Å²) in [5.74, 6) is 0.857. The van der Waals surface area contributed by atoms with Crippen LogP contribution in [0.3, 0.4) is 0 Å². The highest BCUT2D eigenvalue weighted by atomic mass is 16.5. The second-order valence-corrected chi connectivity index (χ2v) is 10.3. The van der Waals surface area contributed by atoms with Gasteiger partial charge >= 0.3 is 0 Å². The quantitative estimate of drug-likeness (QED) is 0.305. The zero-order chi connectivity index (χ0) is 30.4. The minimum absolute atomic E-state index is 0.179. The van der Waals surface area contributed by atoms with Gasteiger partial charge in [-0.25, -0.2) is 0 Å². The van der Waals surface area contributed by atoms with Crippen molar-refractivity contribution in [1.82, 2.24) is 10.2 Å². The molecule has 3 aromatic rings. The predicted octanol–water partition coefficient (Wildman–Crippen LogP) is 4.97. The van der Waals surface area contributed by atoms with Crippen molar-refractivity contribution in [3.8, 4) is 23.0 Å². The van der Waals surface area contributed by atoms with Crippen LogP contribution < -0.4 is 29.2 Å². The number of amides is 2. The molecule has 0 bridgehead atoms. The van der Waals surface area contributed by atoms with E-state index in [1.807, 2.05) is 12.1 Å². The number of hydrogen-bond acceptors (Lipinski definition) is 7. The number of rotatable bonds is 12. The van der Waals surface area contributed by atoms with Crippen LogP contribution in [-0.2, 0) is 4.79 Å². The number of carbonyl (C=O) groups excluding carboxylic acids is 2. The molecule has 9 nitrogen and oxygen atoms in total. The van der Waals surface area contributed by atoms with Gasteiger partial charge in [0.25, 0.3) is 5.91 Å². The first-order chi connectivity index (χ1) is 20.3. The Morgan fingerprint density at radius 2 is 1.57 bits per heavy atom. The first-order valence-corrected chi connectivity index (χ1v) is 14.1. The average Bonchev–Trinajstić information content (AvgIpc) is 3.01. The van der Waals surface area contributed by atoms with E-state index in [1.54, 1.807) is 44.4 Å². The molecular formula is C33H41N3O6. The fourth-order valence-corrected chi connectivity index (χ4v) is 5.67. The van der Waals surface area contributed by atoms with E-state index >= 15 is 0 Å². The third kappa shape index (κ3) is 6.10. The molecule has 1 aliphatic heterocycles. The summed E-state index contributed by atoms with van der Waals surface area (Å²) in [6.45, 7) is 6.35. The number of aryl methyl sites for hydroxylation is 1. The third-order valence-electron chi connectivity index (χ3n) is 7.86. The number of nitrogens with zero attached hydrogens (tertiary/aromatic N) is 2. The van der Waals surface area contributed by atoms with Crippen molar-refractivity contribution in [1.29, 1.82) is 0 Å². The lowest BCUT2D eigenvalue weighted by molar-refractivity contribution is -0.124. The summed E-state index contributed by atoms with van der Waals surface area (Å²) in [6, 6.07) is 16.7. The van der Waals surface area contributed by atoms with Crippen molar-refractivity contribution < 1.29 is 28.5 Å². The van der Waals surface area contributed by atoms with E-state index in [0.29, 0.717) is 40.7 Å². The Morgan fingerprint density at radius 3 is 2.21 bits per heavy atom. The first-order valence-electron chi connectivity index (χ1n) is 14.1. The molecule has 2 amide bonds. The number of hydrogen-bond donors (Lipinski definition) is 1. The normalized spacial score (nSPS) is 16.0. The molecule has 0 aliphatic carbocycles. The standard InChI is InChI=1S/C33H41N3O6/c1-8-36(23-12-9-11-21(2)17-23)16-10-15-34-32(37)30-24-19-28(41-6)29(42-7)20-25(24)33(38)35(3)31(30)22-13-14-26(39-4)27(18-22)40-5/h9,11-14,17-20,30-31H,8,10,15-16H2,1-7H3,(H,34,37). The molecule has 1 aliphatic rings. The van der Waals surface area contributed by atoms with E-state index in [2.05, 4.69) is 48.3 Å². The zero-order valence-corrected chi connectivity index (χ0v) is 25.5. The second-order valence-electron chi connectivity index (χ2n) is 10.3. The Balaban J connectivity index is 1.66. The highest BCUT2D eigenvalue weighted by Crippen LogP contribution is 2.46. The van der Waals surface area contributed by atoms with E-state index in [0.717, 1.165) is 25.1 Å². The maximum atomic E-state index is 14.1.